The van der Waals surface area contributed by atoms with Crippen LogP contribution in [0.15, 0.2) is 24.3 Å². The SMILES string of the molecule is COCCC#CC#Cc1ccc(C(=O)NC(C(=O)OC)C2(OC)CS(=O)(=O)C2)cc1. The molecule has 1 saturated heterocycles. The van der Waals surface area contributed by atoms with Crippen LogP contribution in [0.3, 0.4) is 0 Å². The second-order valence-electron chi connectivity index (χ2n) is 6.60. The van der Waals surface area contributed by atoms with Crippen LogP contribution in [0, 0.1) is 23.7 Å². The van der Waals surface area contributed by atoms with Gasteiger partial charge in [-0.2, -0.15) is 0 Å². The maximum absolute atomic E-state index is 12.6. The molecule has 1 aromatic rings. The topological polar surface area (TPSA) is 108 Å². The molecule has 1 N–H and O–H groups in total. The lowest BCUT2D eigenvalue weighted by Gasteiger charge is -2.43. The van der Waals surface area contributed by atoms with Crippen molar-refractivity contribution in [3.05, 3.63) is 35.4 Å². The molecule has 1 fully saturated rings. The van der Waals surface area contributed by atoms with E-state index in [0.717, 1.165) is 7.11 Å². The highest BCUT2D eigenvalue weighted by molar-refractivity contribution is 7.93. The first kappa shape index (κ1) is 23.4. The molecule has 9 heteroatoms. The maximum Gasteiger partial charge on any atom is 0.331 e. The van der Waals surface area contributed by atoms with Crippen LogP contribution < -0.4 is 5.32 Å². The molecule has 1 aliphatic rings. The van der Waals surface area contributed by atoms with Gasteiger partial charge in [-0.25, -0.2) is 13.2 Å². The highest BCUT2D eigenvalue weighted by Gasteiger charge is 2.58. The lowest BCUT2D eigenvalue weighted by molar-refractivity contribution is -0.150. The number of amides is 1. The summed E-state index contributed by atoms with van der Waals surface area (Å²) in [5.41, 5.74) is -0.418. The monoisotopic (exact) mass is 433 g/mol. The Labute approximate surface area is 176 Å². The van der Waals surface area contributed by atoms with E-state index in [9.17, 15) is 18.0 Å². The summed E-state index contributed by atoms with van der Waals surface area (Å²) in [4.78, 5) is 24.8. The summed E-state index contributed by atoms with van der Waals surface area (Å²) in [5, 5.41) is 2.53. The number of carbonyl (C=O) groups is 2. The normalized spacial score (nSPS) is 16.5. The first-order valence-electron chi connectivity index (χ1n) is 8.99. The zero-order valence-corrected chi connectivity index (χ0v) is 17.8. The molecule has 2 rings (SSSR count). The molecule has 30 heavy (non-hydrogen) atoms. The van der Waals surface area contributed by atoms with Gasteiger partial charge in [0.1, 0.15) is 5.60 Å². The van der Waals surface area contributed by atoms with Crippen LogP contribution in [0.2, 0.25) is 0 Å². The summed E-state index contributed by atoms with van der Waals surface area (Å²) in [6.45, 7) is 0.543. The van der Waals surface area contributed by atoms with E-state index in [1.54, 1.807) is 31.4 Å². The second-order valence-corrected chi connectivity index (χ2v) is 8.67. The molecule has 0 bridgehead atoms. The standard InChI is InChI=1S/C21H23NO7S/c1-27-13-7-5-4-6-8-16-9-11-17(12-10-16)19(23)22-18(20(24)28-2)21(29-3)14-30(25,26)15-21/h9-12,18H,7,13-15H2,1-3H3,(H,22,23). The van der Waals surface area contributed by atoms with Gasteiger partial charge in [0, 0.05) is 31.8 Å². The van der Waals surface area contributed by atoms with E-state index in [0.29, 0.717) is 18.6 Å². The highest BCUT2D eigenvalue weighted by atomic mass is 32.2. The van der Waals surface area contributed by atoms with Crippen molar-refractivity contribution in [1.82, 2.24) is 5.32 Å². The van der Waals surface area contributed by atoms with E-state index in [1.807, 2.05) is 0 Å². The summed E-state index contributed by atoms with van der Waals surface area (Å²) in [5.74, 6) is 9.03. The lowest BCUT2D eigenvalue weighted by atomic mass is 9.96. The molecule has 1 aromatic carbocycles. The third kappa shape index (κ3) is 5.83. The Morgan fingerprint density at radius 1 is 1.13 bits per heavy atom. The number of carbonyl (C=O) groups excluding carboxylic acids is 2. The summed E-state index contributed by atoms with van der Waals surface area (Å²) >= 11 is 0. The number of esters is 1. The molecule has 0 aliphatic carbocycles. The first-order valence-corrected chi connectivity index (χ1v) is 10.8. The van der Waals surface area contributed by atoms with Crippen molar-refractivity contribution in [3.63, 3.8) is 0 Å². The minimum absolute atomic E-state index is 0.272. The number of methoxy groups -OCH3 is 3. The fourth-order valence-corrected chi connectivity index (χ4v) is 4.88. The van der Waals surface area contributed by atoms with Gasteiger partial charge in [-0.15, -0.1) is 0 Å². The van der Waals surface area contributed by atoms with Gasteiger partial charge in [-0.1, -0.05) is 11.8 Å². The molecular weight excluding hydrogens is 410 g/mol. The maximum atomic E-state index is 12.6. The van der Waals surface area contributed by atoms with Crippen LogP contribution in [0.5, 0.6) is 0 Å². The summed E-state index contributed by atoms with van der Waals surface area (Å²) in [6, 6.07) is 5.12. The smallest absolute Gasteiger partial charge is 0.331 e. The molecule has 0 radical (unpaired) electrons. The van der Waals surface area contributed by atoms with Crippen LogP contribution in [-0.4, -0.2) is 71.4 Å². The first-order chi connectivity index (χ1) is 14.3. The van der Waals surface area contributed by atoms with E-state index in [2.05, 4.69) is 29.0 Å². The zero-order chi connectivity index (χ0) is 22.2. The van der Waals surface area contributed by atoms with Gasteiger partial charge in [0.25, 0.3) is 5.91 Å². The van der Waals surface area contributed by atoms with Gasteiger partial charge in [-0.05, 0) is 36.1 Å². The van der Waals surface area contributed by atoms with Crippen molar-refractivity contribution in [3.8, 4) is 23.7 Å². The summed E-state index contributed by atoms with van der Waals surface area (Å²) in [6.07, 6.45) is 0.593. The molecule has 1 unspecified atom stereocenters. The Kier molecular flexibility index (Phi) is 8.01. The molecule has 0 saturated carbocycles. The molecule has 0 aromatic heterocycles. The van der Waals surface area contributed by atoms with E-state index < -0.39 is 33.4 Å². The van der Waals surface area contributed by atoms with Crippen molar-refractivity contribution in [1.29, 1.82) is 0 Å². The quantitative estimate of drug-likeness (QED) is 0.371. The van der Waals surface area contributed by atoms with Crippen molar-refractivity contribution in [2.75, 3.05) is 39.4 Å². The average Bonchev–Trinajstić information content (AvgIpc) is 2.72. The van der Waals surface area contributed by atoms with Gasteiger partial charge >= 0.3 is 5.97 Å². The Morgan fingerprint density at radius 3 is 2.33 bits per heavy atom. The number of rotatable bonds is 7. The van der Waals surface area contributed by atoms with Crippen molar-refractivity contribution >= 4 is 21.7 Å². The van der Waals surface area contributed by atoms with Gasteiger partial charge in [0.05, 0.1) is 25.2 Å². The van der Waals surface area contributed by atoms with Gasteiger partial charge in [0.15, 0.2) is 15.9 Å². The van der Waals surface area contributed by atoms with Crippen molar-refractivity contribution < 1.29 is 32.2 Å². The van der Waals surface area contributed by atoms with Crippen LogP contribution in [-0.2, 0) is 28.8 Å². The van der Waals surface area contributed by atoms with Crippen LogP contribution in [0.4, 0.5) is 0 Å². The number of hydrogen-bond donors (Lipinski definition) is 1. The summed E-state index contributed by atoms with van der Waals surface area (Å²) < 4.78 is 38.2. The average molecular weight is 433 g/mol. The molecule has 0 spiro atoms. The minimum Gasteiger partial charge on any atom is -0.467 e. The zero-order valence-electron chi connectivity index (χ0n) is 17.0. The van der Waals surface area contributed by atoms with Crippen LogP contribution in [0.1, 0.15) is 22.3 Å². The van der Waals surface area contributed by atoms with Crippen LogP contribution >= 0.6 is 0 Å². The van der Waals surface area contributed by atoms with E-state index in [1.165, 1.54) is 7.11 Å². The Hall–Kier alpha value is -2.85. The molecule has 8 nitrogen and oxygen atoms in total. The number of sulfone groups is 1. The number of hydrogen-bond acceptors (Lipinski definition) is 7. The van der Waals surface area contributed by atoms with E-state index in [-0.39, 0.29) is 17.1 Å². The molecular formula is C21H23NO7S. The summed E-state index contributed by atoms with van der Waals surface area (Å²) in [7, 11) is 0.722. The fourth-order valence-electron chi connectivity index (χ4n) is 2.91. The predicted molar refractivity (Wildman–Crippen MR) is 109 cm³/mol. The Morgan fingerprint density at radius 2 is 1.80 bits per heavy atom. The number of ether oxygens (including phenoxy) is 3. The second kappa shape index (κ2) is 10.3. The van der Waals surface area contributed by atoms with Gasteiger partial charge < -0.3 is 19.5 Å². The molecule has 1 atom stereocenters. The van der Waals surface area contributed by atoms with Crippen molar-refractivity contribution in [2.45, 2.75) is 18.1 Å². The highest BCUT2D eigenvalue weighted by Crippen LogP contribution is 2.31. The number of benzene rings is 1. The lowest BCUT2D eigenvalue weighted by Crippen LogP contribution is -2.70. The fraction of sp³-hybridized carbons (Fsp3) is 0.429. The predicted octanol–water partition coefficient (Wildman–Crippen LogP) is 0.163. The third-order valence-electron chi connectivity index (χ3n) is 4.51. The van der Waals surface area contributed by atoms with E-state index >= 15 is 0 Å². The molecule has 1 aliphatic heterocycles. The van der Waals surface area contributed by atoms with Gasteiger partial charge in [0.2, 0.25) is 0 Å². The van der Waals surface area contributed by atoms with Gasteiger partial charge in [-0.3, -0.25) is 4.79 Å². The number of nitrogens with one attached hydrogen (secondary N) is 1. The molecule has 160 valence electrons. The third-order valence-corrected chi connectivity index (χ3v) is 6.37. The largest absolute Gasteiger partial charge is 0.467 e. The van der Waals surface area contributed by atoms with E-state index in [4.69, 9.17) is 14.2 Å². The van der Waals surface area contributed by atoms with Crippen LogP contribution in [0.25, 0.3) is 0 Å². The Balaban J connectivity index is 2.10. The Bertz CT molecular complexity index is 995. The van der Waals surface area contributed by atoms with Crippen molar-refractivity contribution in [2.24, 2.45) is 0 Å². The molecule has 1 heterocycles. The minimum atomic E-state index is -3.33. The molecule has 1 amide bonds.